The number of rotatable bonds is 12. The molecule has 8 aromatic rings. The highest BCUT2D eigenvalue weighted by Gasteiger charge is 2.52. The number of halogens is 3. The molecule has 3 aliphatic rings. The van der Waals surface area contributed by atoms with Crippen molar-refractivity contribution in [2.24, 2.45) is 21.1 Å². The highest BCUT2D eigenvalue weighted by Crippen LogP contribution is 2.44. The van der Waals surface area contributed by atoms with Crippen LogP contribution in [0, 0.1) is 10.7 Å². The molecular weight excluding hydrogens is 1540 g/mol. The van der Waals surface area contributed by atoms with Crippen LogP contribution in [0.5, 0.6) is 0 Å². The van der Waals surface area contributed by atoms with Gasteiger partial charge in [0.15, 0.2) is 0 Å². The molecule has 0 radical (unpaired) electrons. The van der Waals surface area contributed by atoms with Crippen molar-refractivity contribution >= 4 is 92.5 Å². The second-order valence-corrected chi connectivity index (χ2v) is 30.1. The van der Waals surface area contributed by atoms with Gasteiger partial charge in [0.1, 0.15) is 11.2 Å². The average molecular weight is 1630 g/mol. The van der Waals surface area contributed by atoms with Gasteiger partial charge in [-0.15, -0.1) is 0 Å². The number of pyridine rings is 4. The molecule has 0 saturated carbocycles. The molecule has 4 aromatic heterocycles. The van der Waals surface area contributed by atoms with Gasteiger partial charge in [-0.3, -0.25) is 19.2 Å². The molecule has 18 nitrogen and oxygen atoms in total. The standard InChI is InChI=1S/C28H38BNO5.C28H32N2O4.2C6H6INO.C5H4INO/c1-20(21-13-15-23(16-14-21)29-34-26(4,5)27(6,7)35-29)30-18-17-28(33-24(30)31,19-25(2,3)32)22-11-9-8-10-12-22;1-20(21-10-12-22(13-11-21)23-14-16-29(4)25(31)18-23)30-17-15-28(34-26(30)32,19-27(2,3)33)24-8-6-5-7-9-24;2*1-8-3-2-5(7)4-6(8)9;6-4-1-2-7-5(8)3-4/h8-16,20,32H,17-19H2,1-7H3;5-14,16,18,20,33H,15,17,19H2,1-4H3;2*2-4H,1H3;1-3H,(H,7,8)/t2*20-,28-;;;/m00.../s1. The molecule has 3 aliphatic heterocycles. The number of hydrogen-bond donors (Lipinski definition) is 3. The number of ether oxygens (including phenoxy) is 2. The smallest absolute Gasteiger partial charge is 0.438 e. The fourth-order valence-corrected chi connectivity index (χ4v) is 12.5. The van der Waals surface area contributed by atoms with Crippen molar-refractivity contribution in [2.45, 2.75) is 141 Å². The summed E-state index contributed by atoms with van der Waals surface area (Å²) in [4.78, 5) is 76.5. The lowest BCUT2D eigenvalue weighted by Gasteiger charge is -2.45. The van der Waals surface area contributed by atoms with Crippen LogP contribution in [-0.2, 0) is 51.1 Å². The Hall–Kier alpha value is -6.69. The zero-order valence-electron chi connectivity index (χ0n) is 56.1. The largest absolute Gasteiger partial charge is 0.494 e. The summed E-state index contributed by atoms with van der Waals surface area (Å²) >= 11 is 6.30. The van der Waals surface area contributed by atoms with Gasteiger partial charge < -0.3 is 57.5 Å². The van der Waals surface area contributed by atoms with Gasteiger partial charge in [-0.25, -0.2) is 9.59 Å². The first kappa shape index (κ1) is 75.7. The monoisotopic (exact) mass is 1630 g/mol. The van der Waals surface area contributed by atoms with E-state index in [4.69, 9.17) is 18.8 Å². The van der Waals surface area contributed by atoms with Crippen LogP contribution in [0.15, 0.2) is 202 Å². The van der Waals surface area contributed by atoms with Gasteiger partial charge >= 0.3 is 19.3 Å². The normalized spacial score (nSPS) is 18.7. The van der Waals surface area contributed by atoms with Crippen LogP contribution in [0.3, 0.4) is 0 Å². The van der Waals surface area contributed by atoms with Crippen molar-refractivity contribution < 1.29 is 38.6 Å². The summed E-state index contributed by atoms with van der Waals surface area (Å²) < 4.78 is 32.1. The Morgan fingerprint density at radius 2 is 0.884 bits per heavy atom. The van der Waals surface area contributed by atoms with Crippen molar-refractivity contribution in [1.29, 1.82) is 0 Å². The van der Waals surface area contributed by atoms with E-state index in [9.17, 15) is 39.0 Å². The van der Waals surface area contributed by atoms with E-state index in [1.165, 1.54) is 4.57 Å². The molecule has 22 heteroatoms. The van der Waals surface area contributed by atoms with E-state index in [0.717, 1.165) is 49.6 Å². The molecule has 504 valence electrons. The highest BCUT2D eigenvalue weighted by atomic mass is 127. The van der Waals surface area contributed by atoms with Crippen LogP contribution in [-0.4, -0.2) is 93.5 Å². The molecule has 11 rings (SSSR count). The third-order valence-electron chi connectivity index (χ3n) is 17.2. The number of nitrogens with zero attached hydrogens (tertiary/aromatic N) is 5. The number of aryl methyl sites for hydroxylation is 3. The predicted molar refractivity (Wildman–Crippen MR) is 398 cm³/mol. The fourth-order valence-electron chi connectivity index (χ4n) is 11.2. The maximum atomic E-state index is 13.3. The number of aromatic nitrogens is 4. The zero-order chi connectivity index (χ0) is 69.8. The van der Waals surface area contributed by atoms with Crippen molar-refractivity contribution in [3.8, 4) is 11.1 Å². The van der Waals surface area contributed by atoms with Gasteiger partial charge in [0.05, 0.1) is 34.5 Å². The molecule has 0 aliphatic carbocycles. The number of aromatic amines is 1. The molecule has 95 heavy (non-hydrogen) atoms. The summed E-state index contributed by atoms with van der Waals surface area (Å²) in [7, 11) is 4.78. The average Bonchev–Trinajstić information content (AvgIpc) is 1.63. The number of H-pyrrole nitrogens is 1. The molecule has 0 unspecified atom stereocenters. The quantitative estimate of drug-likeness (QED) is 0.0769. The number of amides is 2. The Bertz CT molecular complexity index is 4060. The Labute approximate surface area is 597 Å². The van der Waals surface area contributed by atoms with Crippen LogP contribution in [0.1, 0.15) is 129 Å². The molecule has 2 amide bonds. The molecule has 3 fully saturated rings. The van der Waals surface area contributed by atoms with E-state index >= 15 is 0 Å². The third-order valence-corrected chi connectivity index (χ3v) is 19.2. The van der Waals surface area contributed by atoms with Crippen LogP contribution < -0.4 is 27.7 Å². The lowest BCUT2D eigenvalue weighted by atomic mass is 9.78. The summed E-state index contributed by atoms with van der Waals surface area (Å²) in [6, 6.07) is 48.9. The minimum atomic E-state index is -0.988. The molecule has 3 saturated heterocycles. The SMILES string of the molecule is C[C@@H](c1ccc(-c2ccn(C)c(=O)c2)cc1)N1CC[C@](CC(C)(C)O)(c2ccccc2)OC1=O.C[C@@H](c1ccc(B2OC(C)(C)C(C)(C)O2)cc1)N1CC[C@](CC(C)(C)O)(c2ccccc2)OC1=O.Cn1ccc(I)cc1=O.Cn1ccc(I)cc1=O.O=c1cc(I)cc[nH]1. The van der Waals surface area contributed by atoms with Gasteiger partial charge in [-0.05, 0) is 200 Å². The lowest BCUT2D eigenvalue weighted by Crippen LogP contribution is -2.51. The zero-order valence-corrected chi connectivity index (χ0v) is 62.6. The highest BCUT2D eigenvalue weighted by molar-refractivity contribution is 14.1. The topological polar surface area (TPSA) is 217 Å². The Kier molecular flexibility index (Phi) is 25.6. The number of carbonyl (C=O) groups excluding carboxylic acids is 2. The van der Waals surface area contributed by atoms with Crippen molar-refractivity contribution in [1.82, 2.24) is 28.5 Å². The third kappa shape index (κ3) is 20.7. The maximum absolute atomic E-state index is 13.3. The Morgan fingerprint density at radius 3 is 1.22 bits per heavy atom. The first-order chi connectivity index (χ1) is 44.5. The lowest BCUT2D eigenvalue weighted by molar-refractivity contribution is -0.102. The van der Waals surface area contributed by atoms with E-state index in [-0.39, 0.29) is 46.5 Å². The number of cyclic esters (lactones) is 2. The first-order valence-electron chi connectivity index (χ1n) is 31.3. The molecule has 7 heterocycles. The molecule has 0 spiro atoms. The summed E-state index contributed by atoms with van der Waals surface area (Å²) in [5.41, 5.74) is 2.08. The van der Waals surface area contributed by atoms with Crippen molar-refractivity contribution in [3.63, 3.8) is 0 Å². The maximum Gasteiger partial charge on any atom is 0.494 e. The van der Waals surface area contributed by atoms with Crippen LogP contribution >= 0.6 is 67.8 Å². The van der Waals surface area contributed by atoms with E-state index in [0.29, 0.717) is 38.8 Å². The first-order valence-corrected chi connectivity index (χ1v) is 34.5. The molecule has 3 N–H and O–H groups in total. The number of hydrogen-bond acceptors (Lipinski definition) is 12. The van der Waals surface area contributed by atoms with E-state index in [1.54, 1.807) is 117 Å². The van der Waals surface area contributed by atoms with Gasteiger partial charge in [-0.1, -0.05) is 109 Å². The van der Waals surface area contributed by atoms with Crippen LogP contribution in [0.2, 0.25) is 0 Å². The number of benzene rings is 4. The second-order valence-electron chi connectivity index (χ2n) is 26.4. The number of nitrogens with one attached hydrogen (secondary N) is 1. The van der Waals surface area contributed by atoms with Gasteiger partial charge in [0.25, 0.3) is 16.7 Å². The summed E-state index contributed by atoms with van der Waals surface area (Å²) in [6.07, 6.45) is 7.98. The Balaban J connectivity index is 0.000000195. The molecule has 4 aromatic carbocycles. The summed E-state index contributed by atoms with van der Waals surface area (Å²) in [5, 5.41) is 21.2. The number of aliphatic hydroxyl groups is 2. The van der Waals surface area contributed by atoms with E-state index < -0.39 is 40.7 Å². The van der Waals surface area contributed by atoms with E-state index in [2.05, 4.69) is 72.8 Å². The van der Waals surface area contributed by atoms with Crippen molar-refractivity contribution in [3.05, 3.63) is 257 Å². The van der Waals surface area contributed by atoms with Crippen molar-refractivity contribution in [2.75, 3.05) is 13.1 Å². The molecule has 0 bridgehead atoms. The van der Waals surface area contributed by atoms with Gasteiger partial charge in [0, 0.05) is 120 Å². The molecular formula is C73H86BI3N6O12. The minimum absolute atomic E-state index is 0.0434. The summed E-state index contributed by atoms with van der Waals surface area (Å²) in [5.74, 6) is 0. The van der Waals surface area contributed by atoms with Crippen LogP contribution in [0.25, 0.3) is 11.1 Å². The Morgan fingerprint density at radius 1 is 0.505 bits per heavy atom. The van der Waals surface area contributed by atoms with E-state index in [1.807, 2.05) is 175 Å². The predicted octanol–water partition coefficient (Wildman–Crippen LogP) is 12.9. The minimum Gasteiger partial charge on any atom is -0.438 e. The van der Waals surface area contributed by atoms with Gasteiger partial charge in [-0.2, -0.15) is 0 Å². The summed E-state index contributed by atoms with van der Waals surface area (Å²) in [6.45, 7) is 20.2. The fraction of sp³-hybridized carbons (Fsp3) is 0.370. The number of carbonyl (C=O) groups is 2. The molecule has 4 atom stereocenters. The van der Waals surface area contributed by atoms with Gasteiger partial charge in [0.2, 0.25) is 5.56 Å². The second kappa shape index (κ2) is 32.1. The van der Waals surface area contributed by atoms with Crippen LogP contribution in [0.4, 0.5) is 9.59 Å².